The molecule has 0 spiro atoms. The van der Waals surface area contributed by atoms with E-state index in [0.29, 0.717) is 6.54 Å². The summed E-state index contributed by atoms with van der Waals surface area (Å²) in [5, 5.41) is 4.51. The molecule has 1 aliphatic heterocycles. The van der Waals surface area contributed by atoms with Crippen molar-refractivity contribution in [2.24, 2.45) is 0 Å². The highest BCUT2D eigenvalue weighted by molar-refractivity contribution is 5.94. The van der Waals surface area contributed by atoms with Crippen LogP contribution in [0, 0.1) is 0 Å². The minimum atomic E-state index is 0.0536. The van der Waals surface area contributed by atoms with Gasteiger partial charge in [0.1, 0.15) is 0 Å². The minimum Gasteiger partial charge on any atom is -0.337 e. The number of hydrogen-bond acceptors (Lipinski definition) is 3. The Morgan fingerprint density at radius 3 is 2.77 bits per heavy atom. The highest BCUT2D eigenvalue weighted by Gasteiger charge is 2.16. The van der Waals surface area contributed by atoms with Crippen molar-refractivity contribution in [2.45, 2.75) is 19.4 Å². The summed E-state index contributed by atoms with van der Waals surface area (Å²) in [5.74, 6) is 0.0536. The predicted octanol–water partition coefficient (Wildman–Crippen LogP) is 3.20. The maximum Gasteiger partial charge on any atom is 0.253 e. The maximum absolute atomic E-state index is 12.9. The first-order valence-corrected chi connectivity index (χ1v) is 9.13. The summed E-state index contributed by atoms with van der Waals surface area (Å²) in [7, 11) is 1.86. The van der Waals surface area contributed by atoms with Crippen LogP contribution < -0.4 is 5.32 Å². The normalized spacial score (nSPS) is 13.9. The molecule has 1 amide bonds. The molecule has 0 atom stereocenters. The van der Waals surface area contributed by atoms with Gasteiger partial charge in [-0.1, -0.05) is 30.3 Å². The number of aromatic nitrogens is 1. The van der Waals surface area contributed by atoms with Gasteiger partial charge in [-0.2, -0.15) is 0 Å². The van der Waals surface area contributed by atoms with Crippen LogP contribution in [-0.4, -0.2) is 35.9 Å². The van der Waals surface area contributed by atoms with Gasteiger partial charge >= 0.3 is 0 Å². The van der Waals surface area contributed by atoms with Crippen LogP contribution in [-0.2, 0) is 19.4 Å². The molecule has 4 nitrogen and oxygen atoms in total. The third-order valence-corrected chi connectivity index (χ3v) is 5.07. The molecular weight excluding hydrogens is 322 g/mol. The Hall–Kier alpha value is -2.72. The average Bonchev–Trinajstić information content (AvgIpc) is 2.92. The molecule has 0 saturated carbocycles. The van der Waals surface area contributed by atoms with E-state index in [2.05, 4.69) is 22.4 Å². The molecule has 2 heterocycles. The van der Waals surface area contributed by atoms with E-state index in [1.54, 1.807) is 11.1 Å². The molecule has 0 unspecified atom stereocenters. The van der Waals surface area contributed by atoms with Gasteiger partial charge in [-0.25, -0.2) is 0 Å². The summed E-state index contributed by atoms with van der Waals surface area (Å²) in [5.41, 5.74) is 5.44. The van der Waals surface area contributed by atoms with Gasteiger partial charge in [-0.3, -0.25) is 9.78 Å². The molecule has 4 rings (SSSR count). The van der Waals surface area contributed by atoms with E-state index in [1.807, 2.05) is 43.4 Å². The fourth-order valence-corrected chi connectivity index (χ4v) is 3.65. The van der Waals surface area contributed by atoms with Crippen molar-refractivity contribution in [3.05, 3.63) is 77.0 Å². The highest BCUT2D eigenvalue weighted by Crippen LogP contribution is 2.20. The molecule has 0 saturated heterocycles. The number of para-hydroxylation sites is 1. The lowest BCUT2D eigenvalue weighted by molar-refractivity contribution is 0.0785. The van der Waals surface area contributed by atoms with Crippen molar-refractivity contribution in [1.29, 1.82) is 0 Å². The molecule has 0 bridgehead atoms. The first-order valence-electron chi connectivity index (χ1n) is 9.13. The maximum atomic E-state index is 12.9. The van der Waals surface area contributed by atoms with Crippen LogP contribution in [0.25, 0.3) is 10.9 Å². The summed E-state index contributed by atoms with van der Waals surface area (Å²) in [6.45, 7) is 2.53. The Balaban J connectivity index is 1.57. The third kappa shape index (κ3) is 3.33. The average molecular weight is 345 g/mol. The molecule has 0 aliphatic carbocycles. The molecule has 4 heteroatoms. The zero-order valence-corrected chi connectivity index (χ0v) is 15.0. The number of fused-ring (bicyclic) bond motifs is 2. The van der Waals surface area contributed by atoms with Crippen molar-refractivity contribution in [1.82, 2.24) is 15.2 Å². The van der Waals surface area contributed by atoms with Crippen LogP contribution in [0.15, 0.2) is 54.7 Å². The Labute approximate surface area is 153 Å². The second kappa shape index (κ2) is 7.26. The van der Waals surface area contributed by atoms with Gasteiger partial charge in [-0.05, 0) is 60.8 Å². The minimum absolute atomic E-state index is 0.0536. The monoisotopic (exact) mass is 345 g/mol. The van der Waals surface area contributed by atoms with Crippen LogP contribution in [0.1, 0.15) is 27.0 Å². The van der Waals surface area contributed by atoms with Crippen LogP contribution in [0.5, 0.6) is 0 Å². The van der Waals surface area contributed by atoms with Crippen molar-refractivity contribution >= 4 is 16.8 Å². The molecule has 3 aromatic rings. The number of carbonyl (C=O) groups is 1. The fourth-order valence-electron chi connectivity index (χ4n) is 3.65. The lowest BCUT2D eigenvalue weighted by Gasteiger charge is -2.19. The fraction of sp³-hybridized carbons (Fsp3) is 0.273. The first-order chi connectivity index (χ1) is 12.7. The van der Waals surface area contributed by atoms with Gasteiger partial charge < -0.3 is 10.2 Å². The van der Waals surface area contributed by atoms with E-state index >= 15 is 0 Å². The van der Waals surface area contributed by atoms with Gasteiger partial charge in [0, 0.05) is 30.7 Å². The molecule has 1 N–H and O–H groups in total. The van der Waals surface area contributed by atoms with Gasteiger partial charge in [0.15, 0.2) is 0 Å². The molecular formula is C22H23N3O. The summed E-state index contributed by atoms with van der Waals surface area (Å²) in [4.78, 5) is 19.2. The summed E-state index contributed by atoms with van der Waals surface area (Å²) in [6.07, 6.45) is 3.81. The molecule has 2 aromatic carbocycles. The summed E-state index contributed by atoms with van der Waals surface area (Å²) in [6, 6.07) is 16.2. The summed E-state index contributed by atoms with van der Waals surface area (Å²) >= 11 is 0. The van der Waals surface area contributed by atoms with Gasteiger partial charge in [-0.15, -0.1) is 0 Å². The van der Waals surface area contributed by atoms with Gasteiger partial charge in [0.05, 0.1) is 5.52 Å². The smallest absolute Gasteiger partial charge is 0.253 e. The second-order valence-corrected chi connectivity index (χ2v) is 6.89. The second-order valence-electron chi connectivity index (χ2n) is 6.89. The number of amides is 1. The topological polar surface area (TPSA) is 45.2 Å². The molecule has 0 fully saturated rings. The number of rotatable bonds is 3. The predicted molar refractivity (Wildman–Crippen MR) is 104 cm³/mol. The largest absolute Gasteiger partial charge is 0.337 e. The van der Waals surface area contributed by atoms with E-state index in [9.17, 15) is 4.79 Å². The van der Waals surface area contributed by atoms with E-state index in [1.165, 1.54) is 11.1 Å². The Morgan fingerprint density at radius 2 is 1.88 bits per heavy atom. The number of nitrogens with one attached hydrogen (secondary N) is 1. The van der Waals surface area contributed by atoms with Crippen molar-refractivity contribution in [3.8, 4) is 0 Å². The van der Waals surface area contributed by atoms with E-state index < -0.39 is 0 Å². The first kappa shape index (κ1) is 16.7. The number of carbonyl (C=O) groups excluding carboxylic acids is 1. The van der Waals surface area contributed by atoms with Crippen LogP contribution in [0.2, 0.25) is 0 Å². The van der Waals surface area contributed by atoms with Crippen LogP contribution >= 0.6 is 0 Å². The van der Waals surface area contributed by atoms with Crippen molar-refractivity contribution < 1.29 is 4.79 Å². The van der Waals surface area contributed by atoms with E-state index in [-0.39, 0.29) is 5.91 Å². The van der Waals surface area contributed by atoms with E-state index in [4.69, 9.17) is 0 Å². The molecule has 0 radical (unpaired) electrons. The van der Waals surface area contributed by atoms with Crippen LogP contribution in [0.3, 0.4) is 0 Å². The highest BCUT2D eigenvalue weighted by atomic mass is 16.2. The van der Waals surface area contributed by atoms with Crippen LogP contribution in [0.4, 0.5) is 0 Å². The zero-order chi connectivity index (χ0) is 17.9. The Kier molecular flexibility index (Phi) is 4.67. The van der Waals surface area contributed by atoms with Crippen molar-refractivity contribution in [2.75, 3.05) is 20.1 Å². The zero-order valence-electron chi connectivity index (χ0n) is 15.0. The number of nitrogens with zero attached hydrogens (tertiary/aromatic N) is 2. The van der Waals surface area contributed by atoms with Crippen molar-refractivity contribution in [3.63, 3.8) is 0 Å². The number of hydrogen-bond donors (Lipinski definition) is 1. The molecule has 26 heavy (non-hydrogen) atoms. The van der Waals surface area contributed by atoms with E-state index in [0.717, 1.165) is 48.0 Å². The van der Waals surface area contributed by atoms with Gasteiger partial charge in [0.25, 0.3) is 5.91 Å². The molecule has 1 aromatic heterocycles. The lowest BCUT2D eigenvalue weighted by atomic mass is 9.99. The molecule has 132 valence electrons. The number of pyridine rings is 1. The standard InChI is InChI=1S/C22H23N3O/c1-25(15-20-5-2-4-17-6-3-11-24-21(17)20)22(26)19-8-7-16-9-12-23-13-10-18(16)14-19/h2-8,11,14,23H,9-10,12-13,15H2,1H3. The number of benzene rings is 2. The summed E-state index contributed by atoms with van der Waals surface area (Å²) < 4.78 is 0. The Morgan fingerprint density at radius 1 is 1.08 bits per heavy atom. The SMILES string of the molecule is CN(Cc1cccc2cccnc12)C(=O)c1ccc2c(c1)CCNCC2. The lowest BCUT2D eigenvalue weighted by Crippen LogP contribution is -2.26. The molecule has 1 aliphatic rings. The quantitative estimate of drug-likeness (QED) is 0.793. The Bertz CT molecular complexity index is 946. The van der Waals surface area contributed by atoms with Gasteiger partial charge in [0.2, 0.25) is 0 Å². The third-order valence-electron chi connectivity index (χ3n) is 5.07.